The molecule has 6 heteroatoms. The fraction of sp³-hybridized carbons (Fsp3) is 0.769. The summed E-state index contributed by atoms with van der Waals surface area (Å²) in [6, 6.07) is 0. The molecular weight excluding hydrogens is 265 g/mol. The Kier molecular flexibility index (Phi) is 8.07. The molecule has 0 aliphatic carbocycles. The lowest BCUT2D eigenvalue weighted by Crippen LogP contribution is -2.37. The molecule has 0 aromatic carbocycles. The van der Waals surface area contributed by atoms with Crippen LogP contribution in [0.25, 0.3) is 0 Å². The summed E-state index contributed by atoms with van der Waals surface area (Å²) in [6.45, 7) is 8.20. The lowest BCUT2D eigenvalue weighted by molar-refractivity contribution is -0.870. The highest BCUT2D eigenvalue weighted by molar-refractivity contribution is 7.39. The van der Waals surface area contributed by atoms with Crippen molar-refractivity contribution in [2.24, 2.45) is 0 Å². The molecule has 0 saturated heterocycles. The molecule has 2 atom stereocenters. The molecule has 19 heavy (non-hydrogen) atoms. The quantitative estimate of drug-likeness (QED) is 0.283. The Morgan fingerprint density at radius 1 is 1.37 bits per heavy atom. The van der Waals surface area contributed by atoms with E-state index >= 15 is 0 Å². The Morgan fingerprint density at radius 2 is 1.95 bits per heavy atom. The van der Waals surface area contributed by atoms with Crippen LogP contribution < -0.4 is 0 Å². The van der Waals surface area contributed by atoms with Crippen LogP contribution in [0.4, 0.5) is 0 Å². The summed E-state index contributed by atoms with van der Waals surface area (Å²) < 4.78 is 23.0. The van der Waals surface area contributed by atoms with Crippen LogP contribution in [0.5, 0.6) is 0 Å². The molecule has 0 aliphatic heterocycles. The van der Waals surface area contributed by atoms with Crippen molar-refractivity contribution in [1.82, 2.24) is 0 Å². The maximum Gasteiger partial charge on any atom is 0.512 e. The van der Waals surface area contributed by atoms with Crippen LogP contribution in [0.1, 0.15) is 20.3 Å². The average molecular weight is 291 g/mol. The van der Waals surface area contributed by atoms with Crippen molar-refractivity contribution in [3.05, 3.63) is 12.2 Å². The van der Waals surface area contributed by atoms with Gasteiger partial charge in [-0.3, -0.25) is 0 Å². The first-order valence-electron chi connectivity index (χ1n) is 6.40. The number of rotatable bonds is 9. The number of hydrogen-bond acceptors (Lipinski definition) is 4. The number of quaternary nitrogens is 1. The number of carbonyl (C=O) groups excluding carboxylic acids is 1. The van der Waals surface area contributed by atoms with Gasteiger partial charge in [0.2, 0.25) is 6.16 Å². The third-order valence-corrected chi connectivity index (χ3v) is 3.60. The lowest BCUT2D eigenvalue weighted by atomic mass is 10.3. The van der Waals surface area contributed by atoms with E-state index in [1.807, 2.05) is 28.1 Å². The predicted octanol–water partition coefficient (Wildman–Crippen LogP) is 2.35. The van der Waals surface area contributed by atoms with Gasteiger partial charge in [0.1, 0.15) is 12.6 Å². The zero-order chi connectivity index (χ0) is 15.1. The van der Waals surface area contributed by atoms with Crippen molar-refractivity contribution < 1.29 is 23.1 Å². The fourth-order valence-corrected chi connectivity index (χ4v) is 2.19. The standard InChI is InChI=1S/C13H26NO4P/c1-7-12(18-13(15)11(2)3)10-19(16)17-9-8-14(4,5)6/h12H,2,7-10H2,1,3-6H3/q+2. The van der Waals surface area contributed by atoms with Gasteiger partial charge < -0.3 is 9.22 Å². The van der Waals surface area contributed by atoms with Gasteiger partial charge >= 0.3 is 14.0 Å². The number of hydrogen-bond donors (Lipinski definition) is 0. The molecule has 0 aromatic heterocycles. The molecule has 5 nitrogen and oxygen atoms in total. The average Bonchev–Trinajstić information content (AvgIpc) is 2.25. The van der Waals surface area contributed by atoms with Crippen molar-refractivity contribution in [1.29, 1.82) is 0 Å². The van der Waals surface area contributed by atoms with Gasteiger partial charge in [0.15, 0.2) is 6.61 Å². The summed E-state index contributed by atoms with van der Waals surface area (Å²) in [6.07, 6.45) is 0.470. The van der Waals surface area contributed by atoms with Crippen LogP contribution >= 0.6 is 8.03 Å². The molecule has 2 unspecified atom stereocenters. The minimum Gasteiger partial charge on any atom is -0.454 e. The largest absolute Gasteiger partial charge is 0.512 e. The summed E-state index contributed by atoms with van der Waals surface area (Å²) in [5.74, 6) is -0.443. The van der Waals surface area contributed by atoms with Gasteiger partial charge in [-0.2, -0.15) is 0 Å². The van der Waals surface area contributed by atoms with Gasteiger partial charge in [-0.1, -0.05) is 13.5 Å². The third kappa shape index (κ3) is 9.77. The molecule has 0 radical (unpaired) electrons. The summed E-state index contributed by atoms with van der Waals surface area (Å²) in [7, 11) is 4.33. The molecule has 0 aliphatic rings. The number of likely N-dealkylation sites (N-methyl/N-ethyl adjacent to an activating group) is 1. The third-order valence-electron chi connectivity index (χ3n) is 2.43. The number of carbonyl (C=O) groups is 1. The van der Waals surface area contributed by atoms with Gasteiger partial charge in [0.25, 0.3) is 0 Å². The van der Waals surface area contributed by atoms with E-state index in [9.17, 15) is 9.36 Å². The van der Waals surface area contributed by atoms with Crippen LogP contribution in [0.3, 0.4) is 0 Å². The van der Waals surface area contributed by atoms with Crippen molar-refractivity contribution in [3.63, 3.8) is 0 Å². The topological polar surface area (TPSA) is 52.6 Å². The fourth-order valence-electron chi connectivity index (χ4n) is 1.14. The molecule has 0 heterocycles. The summed E-state index contributed by atoms with van der Waals surface area (Å²) in [5, 5.41) is 0. The molecule has 0 amide bonds. The second-order valence-electron chi connectivity index (χ2n) is 5.58. The molecule has 0 N–H and O–H groups in total. The van der Waals surface area contributed by atoms with E-state index in [0.29, 0.717) is 18.6 Å². The van der Waals surface area contributed by atoms with Crippen molar-refractivity contribution in [3.8, 4) is 0 Å². The second-order valence-corrected chi connectivity index (χ2v) is 6.87. The monoisotopic (exact) mass is 291 g/mol. The van der Waals surface area contributed by atoms with Crippen LogP contribution in [-0.2, 0) is 18.6 Å². The highest BCUT2D eigenvalue weighted by Gasteiger charge is 2.27. The van der Waals surface area contributed by atoms with Gasteiger partial charge in [-0.15, -0.1) is 4.52 Å². The molecule has 0 bridgehead atoms. The Bertz CT molecular complexity index is 336. The molecule has 0 saturated carbocycles. The Morgan fingerprint density at radius 3 is 2.37 bits per heavy atom. The van der Waals surface area contributed by atoms with Crippen LogP contribution in [0, 0.1) is 0 Å². The molecule has 0 rings (SSSR count). The van der Waals surface area contributed by atoms with Crippen molar-refractivity contribution >= 4 is 14.0 Å². The van der Waals surface area contributed by atoms with E-state index in [4.69, 9.17) is 9.26 Å². The highest BCUT2D eigenvalue weighted by atomic mass is 31.1. The molecular formula is C13H26NO4P+2. The maximum atomic E-state index is 11.8. The van der Waals surface area contributed by atoms with Crippen molar-refractivity contribution in [2.75, 3.05) is 40.5 Å². The highest BCUT2D eigenvalue weighted by Crippen LogP contribution is 2.25. The summed E-state index contributed by atoms with van der Waals surface area (Å²) in [4.78, 5) is 11.4. The summed E-state index contributed by atoms with van der Waals surface area (Å²) >= 11 is 0. The van der Waals surface area contributed by atoms with Gasteiger partial charge in [-0.25, -0.2) is 4.79 Å². The van der Waals surface area contributed by atoms with E-state index in [-0.39, 0.29) is 12.3 Å². The predicted molar refractivity (Wildman–Crippen MR) is 76.3 cm³/mol. The molecule has 0 fully saturated rings. The van der Waals surface area contributed by atoms with E-state index in [2.05, 4.69) is 6.58 Å². The molecule has 0 spiro atoms. The zero-order valence-electron chi connectivity index (χ0n) is 12.6. The number of esters is 1. The lowest BCUT2D eigenvalue weighted by Gasteiger charge is -2.22. The Balaban J connectivity index is 4.07. The van der Waals surface area contributed by atoms with Crippen LogP contribution in [0.2, 0.25) is 0 Å². The molecule has 110 valence electrons. The van der Waals surface area contributed by atoms with Crippen LogP contribution in [0.15, 0.2) is 12.2 Å². The van der Waals surface area contributed by atoms with E-state index < -0.39 is 14.0 Å². The molecule has 0 aromatic rings. The first kappa shape index (κ1) is 18.2. The normalized spacial score (nSPS) is 13.8. The van der Waals surface area contributed by atoms with E-state index in [1.54, 1.807) is 6.92 Å². The zero-order valence-corrected chi connectivity index (χ0v) is 13.5. The first-order chi connectivity index (χ1) is 8.65. The SMILES string of the molecule is C=C(C)C(=O)OC(CC)C[P+](=O)OCC[N+](C)(C)C. The van der Waals surface area contributed by atoms with Crippen molar-refractivity contribution in [2.45, 2.75) is 26.4 Å². The minimum absolute atomic E-state index is 0.238. The van der Waals surface area contributed by atoms with E-state index in [1.165, 1.54) is 0 Å². The second kappa shape index (κ2) is 8.41. The van der Waals surface area contributed by atoms with E-state index in [0.717, 1.165) is 11.0 Å². The smallest absolute Gasteiger partial charge is 0.454 e. The van der Waals surface area contributed by atoms with Gasteiger partial charge in [0, 0.05) is 5.57 Å². The van der Waals surface area contributed by atoms with Crippen LogP contribution in [-0.4, -0.2) is 57.0 Å². The maximum absolute atomic E-state index is 11.8. The Hall–Kier alpha value is -0.770. The summed E-state index contributed by atoms with van der Waals surface area (Å²) in [5.41, 5.74) is 0.347. The Labute approximate surface area is 117 Å². The number of ether oxygens (including phenoxy) is 1. The number of nitrogens with zero attached hydrogens (tertiary/aromatic N) is 1. The van der Waals surface area contributed by atoms with Gasteiger partial charge in [0.05, 0.1) is 21.1 Å². The first-order valence-corrected chi connectivity index (χ1v) is 7.76. The van der Waals surface area contributed by atoms with Gasteiger partial charge in [-0.05, 0) is 17.9 Å². The minimum atomic E-state index is -1.80.